The molecular weight excluding hydrogens is 216 g/mol. The van der Waals surface area contributed by atoms with E-state index in [9.17, 15) is 5.11 Å². The Morgan fingerprint density at radius 2 is 2.00 bits per heavy atom. The van der Waals surface area contributed by atoms with Crippen LogP contribution in [0.4, 0.5) is 0 Å². The number of aliphatic hydroxyl groups is 1. The Hall–Kier alpha value is -0.160. The second kappa shape index (κ2) is 4.84. The van der Waals surface area contributed by atoms with Crippen LogP contribution in [0.3, 0.4) is 0 Å². The van der Waals surface area contributed by atoms with Gasteiger partial charge in [-0.15, -0.1) is 0 Å². The first-order valence-corrected chi connectivity index (χ1v) is 6.67. The maximum atomic E-state index is 10.2. The van der Waals surface area contributed by atoms with Gasteiger partial charge in [0.15, 0.2) is 0 Å². The standard InChI is InChI=1S/C13H26N2O2/c1-13(2,3)17-12(16)15-7-5-6-10-8-14(4)9-11(10)15/h10-12,16H,5-9H2,1-4H3. The number of fused-ring (bicyclic) bond motifs is 1. The van der Waals surface area contributed by atoms with E-state index in [1.807, 2.05) is 20.8 Å². The van der Waals surface area contributed by atoms with E-state index in [0.717, 1.165) is 19.6 Å². The largest absolute Gasteiger partial charge is 0.356 e. The summed E-state index contributed by atoms with van der Waals surface area (Å²) in [5, 5.41) is 10.2. The highest BCUT2D eigenvalue weighted by atomic mass is 16.6. The zero-order valence-electron chi connectivity index (χ0n) is 11.5. The fourth-order valence-corrected chi connectivity index (χ4v) is 3.08. The number of hydrogen-bond donors (Lipinski definition) is 1. The lowest BCUT2D eigenvalue weighted by Crippen LogP contribution is -2.53. The second-order valence-corrected chi connectivity index (χ2v) is 6.49. The van der Waals surface area contributed by atoms with Crippen LogP contribution in [0.2, 0.25) is 0 Å². The van der Waals surface area contributed by atoms with E-state index in [0.29, 0.717) is 12.0 Å². The predicted molar refractivity (Wildman–Crippen MR) is 67.6 cm³/mol. The minimum Gasteiger partial charge on any atom is -0.356 e. The highest BCUT2D eigenvalue weighted by molar-refractivity contribution is 4.92. The van der Waals surface area contributed by atoms with Crippen LogP contribution >= 0.6 is 0 Å². The van der Waals surface area contributed by atoms with Gasteiger partial charge >= 0.3 is 0 Å². The van der Waals surface area contributed by atoms with Gasteiger partial charge in [-0.05, 0) is 46.6 Å². The Bertz CT molecular complexity index is 265. The van der Waals surface area contributed by atoms with Crippen LogP contribution in [0.25, 0.3) is 0 Å². The number of aliphatic hydroxyl groups excluding tert-OH is 1. The molecule has 2 aliphatic rings. The number of rotatable bonds is 2. The van der Waals surface area contributed by atoms with Gasteiger partial charge in [0.1, 0.15) is 0 Å². The van der Waals surface area contributed by atoms with Crippen LogP contribution in [0.15, 0.2) is 0 Å². The first-order valence-electron chi connectivity index (χ1n) is 6.67. The monoisotopic (exact) mass is 242 g/mol. The van der Waals surface area contributed by atoms with E-state index < -0.39 is 6.41 Å². The molecule has 2 fully saturated rings. The summed E-state index contributed by atoms with van der Waals surface area (Å²) >= 11 is 0. The summed E-state index contributed by atoms with van der Waals surface area (Å²) in [6, 6.07) is 0.464. The van der Waals surface area contributed by atoms with Crippen LogP contribution in [0, 0.1) is 5.92 Å². The van der Waals surface area contributed by atoms with E-state index in [1.165, 1.54) is 12.8 Å². The minimum atomic E-state index is -0.755. The summed E-state index contributed by atoms with van der Waals surface area (Å²) in [7, 11) is 2.16. The first-order chi connectivity index (χ1) is 7.87. The molecule has 3 unspecified atom stereocenters. The van der Waals surface area contributed by atoms with Gasteiger partial charge in [0.05, 0.1) is 5.60 Å². The molecule has 1 N–H and O–H groups in total. The molecule has 0 aromatic rings. The molecule has 2 aliphatic heterocycles. The second-order valence-electron chi connectivity index (χ2n) is 6.49. The van der Waals surface area contributed by atoms with Gasteiger partial charge in [-0.2, -0.15) is 0 Å². The smallest absolute Gasteiger partial charge is 0.216 e. The van der Waals surface area contributed by atoms with Gasteiger partial charge in [0, 0.05) is 25.7 Å². The molecule has 0 bridgehead atoms. The van der Waals surface area contributed by atoms with Gasteiger partial charge in [-0.1, -0.05) is 0 Å². The summed E-state index contributed by atoms with van der Waals surface area (Å²) in [5.74, 6) is 0.701. The third kappa shape index (κ3) is 3.19. The van der Waals surface area contributed by atoms with Gasteiger partial charge in [0.25, 0.3) is 0 Å². The minimum absolute atomic E-state index is 0.295. The van der Waals surface area contributed by atoms with Crippen molar-refractivity contribution >= 4 is 0 Å². The molecule has 4 heteroatoms. The molecular formula is C13H26N2O2. The molecule has 2 saturated heterocycles. The zero-order chi connectivity index (χ0) is 12.6. The molecule has 0 amide bonds. The van der Waals surface area contributed by atoms with Gasteiger partial charge in [-0.3, -0.25) is 4.90 Å². The van der Waals surface area contributed by atoms with Crippen molar-refractivity contribution in [2.75, 3.05) is 26.7 Å². The summed E-state index contributed by atoms with van der Waals surface area (Å²) in [6.45, 7) is 9.11. The lowest BCUT2D eigenvalue weighted by molar-refractivity contribution is -0.254. The van der Waals surface area contributed by atoms with Crippen molar-refractivity contribution in [1.82, 2.24) is 9.80 Å². The van der Waals surface area contributed by atoms with Crippen molar-refractivity contribution in [3.63, 3.8) is 0 Å². The van der Waals surface area contributed by atoms with Crippen molar-refractivity contribution in [2.24, 2.45) is 5.92 Å². The number of piperidine rings is 1. The third-order valence-corrected chi connectivity index (χ3v) is 3.75. The zero-order valence-corrected chi connectivity index (χ0v) is 11.5. The van der Waals surface area contributed by atoms with Crippen molar-refractivity contribution in [3.05, 3.63) is 0 Å². The van der Waals surface area contributed by atoms with Crippen LogP contribution in [-0.4, -0.2) is 59.6 Å². The molecule has 3 atom stereocenters. The van der Waals surface area contributed by atoms with Crippen molar-refractivity contribution in [2.45, 2.75) is 51.7 Å². The van der Waals surface area contributed by atoms with Crippen molar-refractivity contribution in [1.29, 1.82) is 0 Å². The number of likely N-dealkylation sites (tertiary alicyclic amines) is 2. The van der Waals surface area contributed by atoms with E-state index >= 15 is 0 Å². The summed E-state index contributed by atoms with van der Waals surface area (Å²) < 4.78 is 5.68. The van der Waals surface area contributed by atoms with E-state index in [-0.39, 0.29) is 5.60 Å². The van der Waals surface area contributed by atoms with Crippen LogP contribution in [0.1, 0.15) is 33.6 Å². The summed E-state index contributed by atoms with van der Waals surface area (Å²) in [6.07, 6.45) is 1.70. The lowest BCUT2D eigenvalue weighted by Gasteiger charge is -2.41. The Morgan fingerprint density at radius 1 is 1.29 bits per heavy atom. The molecule has 2 heterocycles. The predicted octanol–water partition coefficient (Wildman–Crippen LogP) is 1.10. The van der Waals surface area contributed by atoms with E-state index in [4.69, 9.17) is 4.74 Å². The molecule has 0 saturated carbocycles. The molecule has 100 valence electrons. The highest BCUT2D eigenvalue weighted by Gasteiger charge is 2.41. The molecule has 0 aromatic carbocycles. The van der Waals surface area contributed by atoms with E-state index in [1.54, 1.807) is 0 Å². The number of ether oxygens (including phenoxy) is 1. The van der Waals surface area contributed by atoms with Gasteiger partial charge in [0.2, 0.25) is 6.41 Å². The number of nitrogens with zero attached hydrogens (tertiary/aromatic N) is 2. The molecule has 0 aliphatic carbocycles. The quantitative estimate of drug-likeness (QED) is 0.736. The number of hydrogen-bond acceptors (Lipinski definition) is 4. The molecule has 4 nitrogen and oxygen atoms in total. The molecule has 0 aromatic heterocycles. The summed E-state index contributed by atoms with van der Waals surface area (Å²) in [4.78, 5) is 4.50. The SMILES string of the molecule is CN1CC2CCCN(C(O)OC(C)(C)C)C2C1. The van der Waals surface area contributed by atoms with Crippen LogP contribution < -0.4 is 0 Å². The maximum absolute atomic E-state index is 10.2. The first kappa shape index (κ1) is 13.3. The number of likely N-dealkylation sites (N-methyl/N-ethyl adjacent to an activating group) is 1. The highest BCUT2D eigenvalue weighted by Crippen LogP contribution is 2.31. The van der Waals surface area contributed by atoms with Gasteiger partial charge < -0.3 is 14.7 Å². The maximum Gasteiger partial charge on any atom is 0.216 e. The van der Waals surface area contributed by atoms with Crippen LogP contribution in [0.5, 0.6) is 0 Å². The van der Waals surface area contributed by atoms with Gasteiger partial charge in [-0.25, -0.2) is 0 Å². The van der Waals surface area contributed by atoms with Crippen molar-refractivity contribution < 1.29 is 9.84 Å². The topological polar surface area (TPSA) is 35.9 Å². The fourth-order valence-electron chi connectivity index (χ4n) is 3.08. The van der Waals surface area contributed by atoms with Crippen molar-refractivity contribution in [3.8, 4) is 0 Å². The normalized spacial score (nSPS) is 33.7. The third-order valence-electron chi connectivity index (χ3n) is 3.75. The average molecular weight is 242 g/mol. The summed E-state index contributed by atoms with van der Waals surface area (Å²) in [5.41, 5.74) is -0.295. The van der Waals surface area contributed by atoms with E-state index in [2.05, 4.69) is 16.8 Å². The molecule has 17 heavy (non-hydrogen) atoms. The molecule has 0 spiro atoms. The Morgan fingerprint density at radius 3 is 2.65 bits per heavy atom. The van der Waals surface area contributed by atoms with Crippen LogP contribution in [-0.2, 0) is 4.74 Å². The Labute approximate surface area is 105 Å². The average Bonchev–Trinajstić information content (AvgIpc) is 2.54. The lowest BCUT2D eigenvalue weighted by atomic mass is 9.92. The molecule has 0 radical (unpaired) electrons. The molecule has 2 rings (SSSR count). The Balaban J connectivity index is 1.99. The fraction of sp³-hybridized carbons (Fsp3) is 1.00. The Kier molecular flexibility index (Phi) is 3.78.